The number of halogens is 2. The Morgan fingerprint density at radius 1 is 1.37 bits per heavy atom. The fourth-order valence-electron chi connectivity index (χ4n) is 2.67. The maximum atomic E-state index is 13.2. The predicted molar refractivity (Wildman–Crippen MR) is 110 cm³/mol. The highest BCUT2D eigenvalue weighted by atomic mass is 19.3. The van der Waals surface area contributed by atoms with Gasteiger partial charge in [-0.3, -0.25) is 10.3 Å². The van der Waals surface area contributed by atoms with Gasteiger partial charge in [0.2, 0.25) is 0 Å². The number of nitrogens with one attached hydrogen (secondary N) is 1. The van der Waals surface area contributed by atoms with Crippen LogP contribution in [-0.2, 0) is 14.2 Å². The monoisotopic (exact) mass is 422 g/mol. The van der Waals surface area contributed by atoms with Gasteiger partial charge in [-0.2, -0.15) is 0 Å². The normalized spacial score (nSPS) is 16.5. The van der Waals surface area contributed by atoms with Crippen LogP contribution >= 0.6 is 0 Å². The third-order valence-electron chi connectivity index (χ3n) is 4.24. The first-order valence-corrected chi connectivity index (χ1v) is 8.84. The van der Waals surface area contributed by atoms with Gasteiger partial charge >= 0.3 is 12.0 Å². The van der Waals surface area contributed by atoms with Gasteiger partial charge in [0, 0.05) is 35.6 Å². The van der Waals surface area contributed by atoms with Gasteiger partial charge in [-0.15, -0.1) is 5.10 Å². The third kappa shape index (κ3) is 4.88. The van der Waals surface area contributed by atoms with Crippen LogP contribution in [0.3, 0.4) is 0 Å². The van der Waals surface area contributed by atoms with Crippen molar-refractivity contribution in [3.8, 4) is 0 Å². The molecule has 8 nitrogen and oxygen atoms in total. The van der Waals surface area contributed by atoms with Crippen molar-refractivity contribution < 1.29 is 27.8 Å². The van der Waals surface area contributed by atoms with Crippen molar-refractivity contribution in [2.75, 3.05) is 26.2 Å². The minimum Gasteiger partial charge on any atom is -0.495 e. The molecule has 1 unspecified atom stereocenters. The van der Waals surface area contributed by atoms with Crippen LogP contribution in [-0.4, -0.2) is 45.9 Å². The zero-order valence-corrected chi connectivity index (χ0v) is 17.1. The molecule has 0 aliphatic carbocycles. The zero-order chi connectivity index (χ0) is 22.4. The van der Waals surface area contributed by atoms with Crippen LogP contribution in [0.25, 0.3) is 5.57 Å². The molecule has 0 amide bonds. The van der Waals surface area contributed by atoms with Crippen molar-refractivity contribution in [3.63, 3.8) is 0 Å². The lowest BCUT2D eigenvalue weighted by Crippen LogP contribution is -2.28. The topological polar surface area (TPSA) is 98.4 Å². The SMILES string of the molecule is C=C(/C=C(\C(=C/N)OC)c1cc(N(C)C2=NNC(C)O2)ccc1C(=O)OC)C(F)F. The lowest BCUT2D eigenvalue weighted by Gasteiger charge is -2.21. The average Bonchev–Trinajstić information content (AvgIpc) is 3.18. The first-order chi connectivity index (χ1) is 14.2. The van der Waals surface area contributed by atoms with Crippen molar-refractivity contribution in [1.82, 2.24) is 5.43 Å². The molecule has 0 spiro atoms. The van der Waals surface area contributed by atoms with Crippen molar-refractivity contribution in [2.24, 2.45) is 10.8 Å². The summed E-state index contributed by atoms with van der Waals surface area (Å²) in [7, 11) is 4.25. The maximum Gasteiger partial charge on any atom is 0.338 e. The van der Waals surface area contributed by atoms with E-state index in [1.807, 2.05) is 0 Å². The number of anilines is 1. The van der Waals surface area contributed by atoms with Crippen LogP contribution in [0.1, 0.15) is 22.8 Å². The van der Waals surface area contributed by atoms with E-state index in [9.17, 15) is 13.6 Å². The Bertz CT molecular complexity index is 912. The molecule has 1 aromatic rings. The van der Waals surface area contributed by atoms with E-state index in [4.69, 9.17) is 19.9 Å². The summed E-state index contributed by atoms with van der Waals surface area (Å²) in [6, 6.07) is 5.03. The molecule has 0 bridgehead atoms. The number of alkyl halides is 2. The molecule has 0 radical (unpaired) electrons. The predicted octanol–water partition coefficient (Wildman–Crippen LogP) is 2.80. The lowest BCUT2D eigenvalue weighted by atomic mass is 9.95. The minimum absolute atomic E-state index is 0.0755. The van der Waals surface area contributed by atoms with Crippen LogP contribution in [0.4, 0.5) is 14.5 Å². The highest BCUT2D eigenvalue weighted by Gasteiger charge is 2.24. The second-order valence-corrected chi connectivity index (χ2v) is 6.23. The number of methoxy groups -OCH3 is 2. The quantitative estimate of drug-likeness (QED) is 0.396. The van der Waals surface area contributed by atoms with Crippen molar-refractivity contribution in [3.05, 3.63) is 59.5 Å². The molecule has 30 heavy (non-hydrogen) atoms. The fourth-order valence-corrected chi connectivity index (χ4v) is 2.67. The van der Waals surface area contributed by atoms with E-state index in [1.54, 1.807) is 31.0 Å². The summed E-state index contributed by atoms with van der Waals surface area (Å²) in [5.41, 5.74) is 9.01. The highest BCUT2D eigenvalue weighted by Crippen LogP contribution is 2.32. The van der Waals surface area contributed by atoms with E-state index in [0.29, 0.717) is 11.7 Å². The molecule has 0 saturated heterocycles. The van der Waals surface area contributed by atoms with E-state index in [2.05, 4.69) is 17.1 Å². The van der Waals surface area contributed by atoms with Gasteiger partial charge in [0.05, 0.1) is 19.8 Å². The number of nitrogens with zero attached hydrogens (tertiary/aromatic N) is 2. The molecule has 10 heteroatoms. The molecule has 0 saturated carbocycles. The highest BCUT2D eigenvalue weighted by molar-refractivity contribution is 6.00. The van der Waals surface area contributed by atoms with E-state index < -0.39 is 18.0 Å². The maximum absolute atomic E-state index is 13.2. The Morgan fingerprint density at radius 2 is 2.07 bits per heavy atom. The van der Waals surface area contributed by atoms with Crippen LogP contribution in [0.5, 0.6) is 0 Å². The molecule has 2 rings (SSSR count). The molecule has 0 aromatic heterocycles. The summed E-state index contributed by atoms with van der Waals surface area (Å²) in [5, 5.41) is 4.08. The first kappa shape index (κ1) is 22.7. The number of rotatable bonds is 7. The number of hydrogen-bond acceptors (Lipinski definition) is 8. The Balaban J connectivity index is 2.67. The number of ether oxygens (including phenoxy) is 3. The number of benzene rings is 1. The molecular weight excluding hydrogens is 398 g/mol. The van der Waals surface area contributed by atoms with E-state index in [1.165, 1.54) is 20.3 Å². The zero-order valence-electron chi connectivity index (χ0n) is 17.1. The minimum atomic E-state index is -2.81. The second kappa shape index (κ2) is 9.77. The van der Waals surface area contributed by atoms with Gasteiger partial charge in [0.1, 0.15) is 5.76 Å². The number of esters is 1. The second-order valence-electron chi connectivity index (χ2n) is 6.23. The summed E-state index contributed by atoms with van der Waals surface area (Å²) in [6.45, 7) is 5.15. The van der Waals surface area contributed by atoms with Crippen LogP contribution in [0, 0.1) is 0 Å². The summed E-state index contributed by atoms with van der Waals surface area (Å²) >= 11 is 0. The summed E-state index contributed by atoms with van der Waals surface area (Å²) in [4.78, 5) is 14.0. The fraction of sp³-hybridized carbons (Fsp3) is 0.300. The average molecular weight is 422 g/mol. The molecular formula is C20H24F2N4O4. The van der Waals surface area contributed by atoms with Crippen molar-refractivity contribution in [1.29, 1.82) is 0 Å². The van der Waals surface area contributed by atoms with Gasteiger partial charge in [0.15, 0.2) is 6.23 Å². The number of allylic oxidation sites excluding steroid dienone is 3. The number of hydrogen-bond donors (Lipinski definition) is 2. The van der Waals surface area contributed by atoms with Gasteiger partial charge < -0.3 is 19.9 Å². The number of nitrogens with two attached hydrogens (primary N) is 1. The number of carbonyl (C=O) groups is 1. The van der Waals surface area contributed by atoms with Gasteiger partial charge in [-0.05, 0) is 31.2 Å². The van der Waals surface area contributed by atoms with Crippen LogP contribution in [0.2, 0.25) is 0 Å². The molecule has 0 fully saturated rings. The smallest absolute Gasteiger partial charge is 0.338 e. The largest absolute Gasteiger partial charge is 0.495 e. The van der Waals surface area contributed by atoms with Gasteiger partial charge in [0.25, 0.3) is 6.43 Å². The standard InChI is InChI=1S/C20H24F2N4O4/c1-11(18(21)22)8-16(17(10-23)28-4)15-9-13(6-7-14(15)19(27)29-5)26(3)20-25-24-12(2)30-20/h6-10,12,18,24H,1,23H2,2-5H3/b16-8-,17-10+. The van der Waals surface area contributed by atoms with E-state index in [-0.39, 0.29) is 28.7 Å². The van der Waals surface area contributed by atoms with Crippen LogP contribution < -0.4 is 16.1 Å². The summed E-state index contributed by atoms with van der Waals surface area (Å²) in [5.74, 6) is -0.587. The third-order valence-corrected chi connectivity index (χ3v) is 4.24. The van der Waals surface area contributed by atoms with Gasteiger partial charge in [-0.25, -0.2) is 13.6 Å². The molecule has 1 aromatic carbocycles. The number of hydrazone groups is 1. The Hall–Kier alpha value is -3.56. The van der Waals surface area contributed by atoms with Gasteiger partial charge in [-0.1, -0.05) is 6.58 Å². The number of amidine groups is 1. The molecule has 1 atom stereocenters. The Morgan fingerprint density at radius 3 is 2.57 bits per heavy atom. The summed E-state index contributed by atoms with van der Waals surface area (Å²) in [6.07, 6.45) is -0.887. The molecule has 1 heterocycles. The Kier molecular flexibility index (Phi) is 7.40. The lowest BCUT2D eigenvalue weighted by molar-refractivity contribution is 0.0600. The molecule has 1 aliphatic heterocycles. The van der Waals surface area contributed by atoms with Crippen molar-refractivity contribution >= 4 is 23.3 Å². The number of carbonyl (C=O) groups excluding carboxylic acids is 1. The molecule has 1 aliphatic rings. The molecule has 3 N–H and O–H groups in total. The van der Waals surface area contributed by atoms with E-state index in [0.717, 1.165) is 12.3 Å². The summed E-state index contributed by atoms with van der Waals surface area (Å²) < 4.78 is 42.0. The van der Waals surface area contributed by atoms with Crippen molar-refractivity contribution in [2.45, 2.75) is 19.6 Å². The molecule has 162 valence electrons. The van der Waals surface area contributed by atoms with Crippen LogP contribution in [0.15, 0.2) is 53.5 Å². The van der Waals surface area contributed by atoms with E-state index >= 15 is 0 Å². The first-order valence-electron chi connectivity index (χ1n) is 8.84. The Labute approximate surface area is 173 Å².